The van der Waals surface area contributed by atoms with Gasteiger partial charge in [0.1, 0.15) is 11.4 Å². The number of ether oxygens (including phenoxy) is 2. The number of halogens is 2. The predicted molar refractivity (Wildman–Crippen MR) is 165 cm³/mol. The summed E-state index contributed by atoms with van der Waals surface area (Å²) in [5, 5.41) is 3.46. The van der Waals surface area contributed by atoms with Crippen LogP contribution in [0.1, 0.15) is 72.1 Å². The van der Waals surface area contributed by atoms with Crippen LogP contribution in [0.5, 0.6) is 0 Å². The van der Waals surface area contributed by atoms with Crippen LogP contribution < -0.4 is 5.01 Å². The van der Waals surface area contributed by atoms with Crippen molar-refractivity contribution in [2.24, 2.45) is 0 Å². The molecule has 0 saturated heterocycles. The highest BCUT2D eigenvalue weighted by Crippen LogP contribution is 2.40. The van der Waals surface area contributed by atoms with Crippen LogP contribution in [0, 0.1) is 5.82 Å². The van der Waals surface area contributed by atoms with E-state index in [0.29, 0.717) is 23.6 Å². The second-order valence-electron chi connectivity index (χ2n) is 12.6. The van der Waals surface area contributed by atoms with Crippen LogP contribution in [0.2, 0.25) is 23.2 Å². The lowest BCUT2D eigenvalue weighted by molar-refractivity contribution is -0.139. The smallest absolute Gasteiger partial charge is 0.429 e. The minimum Gasteiger partial charge on any atom is -0.469 e. The summed E-state index contributed by atoms with van der Waals surface area (Å²) in [7, 11) is -1.06. The quantitative estimate of drug-likeness (QED) is 0.145. The van der Waals surface area contributed by atoms with E-state index in [-0.39, 0.29) is 23.7 Å². The molecule has 0 fully saturated rings. The van der Waals surface area contributed by atoms with Gasteiger partial charge in [-0.2, -0.15) is 0 Å². The molecule has 228 valence electrons. The fourth-order valence-electron chi connectivity index (χ4n) is 3.88. The number of hydrazine groups is 1. The van der Waals surface area contributed by atoms with Crippen molar-refractivity contribution in [1.82, 2.24) is 5.01 Å². The van der Waals surface area contributed by atoms with Crippen LogP contribution in [0.25, 0.3) is 0 Å². The van der Waals surface area contributed by atoms with E-state index in [9.17, 15) is 9.59 Å². The minimum atomic E-state index is -2.35. The molecule has 2 rings (SSSR count). The van der Waals surface area contributed by atoms with Crippen molar-refractivity contribution in [3.05, 3.63) is 64.4 Å². The number of amides is 1. The van der Waals surface area contributed by atoms with E-state index >= 15 is 4.39 Å². The Morgan fingerprint density at radius 2 is 1.71 bits per heavy atom. The maximum absolute atomic E-state index is 15.7. The number of rotatable bonds is 11. The van der Waals surface area contributed by atoms with Gasteiger partial charge in [-0.25, -0.2) is 14.2 Å². The number of hydrogen-bond donors (Lipinski definition) is 0. The Hall–Kier alpha value is -2.62. The van der Waals surface area contributed by atoms with Gasteiger partial charge in [-0.1, -0.05) is 57.5 Å². The van der Waals surface area contributed by atoms with Gasteiger partial charge in [0, 0.05) is 11.6 Å². The highest BCUT2D eigenvalue weighted by atomic mass is 35.5. The lowest BCUT2D eigenvalue weighted by Gasteiger charge is -2.43. The minimum absolute atomic E-state index is 0.0606. The number of nitrogens with zero attached hydrogens (tertiary/aromatic N) is 2. The zero-order valence-electron chi connectivity index (χ0n) is 26.1. The summed E-state index contributed by atoms with van der Waals surface area (Å²) in [4.78, 5) is 25.6. The molecule has 41 heavy (non-hydrogen) atoms. The number of benzene rings is 2. The largest absolute Gasteiger partial charge is 0.469 e. The summed E-state index contributed by atoms with van der Waals surface area (Å²) in [6, 6.07) is 11.9. The third-order valence-electron chi connectivity index (χ3n) is 7.00. The first-order valence-electron chi connectivity index (χ1n) is 13.9. The van der Waals surface area contributed by atoms with Crippen molar-refractivity contribution in [3.8, 4) is 0 Å². The molecule has 0 heterocycles. The van der Waals surface area contributed by atoms with Gasteiger partial charge in [-0.05, 0) is 80.7 Å². The average molecular weight is 609 g/mol. The molecule has 2 aromatic carbocycles. The zero-order chi connectivity index (χ0) is 31.2. The molecule has 0 aliphatic rings. The van der Waals surface area contributed by atoms with Crippen LogP contribution in [-0.2, 0) is 25.1 Å². The van der Waals surface area contributed by atoms with E-state index < -0.39 is 37.9 Å². The molecule has 0 bridgehead atoms. The molecule has 2 aromatic rings. The number of esters is 1. The summed E-state index contributed by atoms with van der Waals surface area (Å²) in [5.41, 5.74) is 0.670. The summed E-state index contributed by atoms with van der Waals surface area (Å²) >= 11 is 6.38. The Kier molecular flexibility index (Phi) is 11.8. The maximum Gasteiger partial charge on any atom is 0.429 e. The van der Waals surface area contributed by atoms with E-state index in [1.807, 2.05) is 25.1 Å². The molecule has 7 nitrogen and oxygen atoms in total. The van der Waals surface area contributed by atoms with Crippen molar-refractivity contribution in [2.45, 2.75) is 91.1 Å². The number of hydrogen-bond acceptors (Lipinski definition) is 6. The Balaban J connectivity index is 2.65. The van der Waals surface area contributed by atoms with Gasteiger partial charge in [0.05, 0.1) is 31.9 Å². The van der Waals surface area contributed by atoms with Crippen molar-refractivity contribution in [1.29, 1.82) is 0 Å². The van der Waals surface area contributed by atoms with Crippen molar-refractivity contribution in [2.75, 3.05) is 25.2 Å². The lowest BCUT2D eigenvalue weighted by Crippen LogP contribution is -2.52. The van der Waals surface area contributed by atoms with E-state index in [0.717, 1.165) is 5.56 Å². The molecule has 10 heteroatoms. The van der Waals surface area contributed by atoms with Crippen molar-refractivity contribution < 1.29 is 27.9 Å². The SMILES string of the molecule is CCCN(c1ccc(CC(=O)OC)cc1F)N(C[C@H](O[Si](C)(C)C(C)(C)C)c1cccc(Cl)c1)C(=O)OC(C)(C)C. The fourth-order valence-corrected chi connectivity index (χ4v) is 5.36. The van der Waals surface area contributed by atoms with Gasteiger partial charge >= 0.3 is 12.1 Å². The Labute approximate surface area is 251 Å². The summed E-state index contributed by atoms with van der Waals surface area (Å²) < 4.78 is 33.1. The van der Waals surface area contributed by atoms with E-state index in [4.69, 9.17) is 25.5 Å². The topological polar surface area (TPSA) is 68.3 Å². The summed E-state index contributed by atoms with van der Waals surface area (Å²) in [6.07, 6.45) is -0.639. The molecule has 1 amide bonds. The second kappa shape index (κ2) is 14.0. The highest BCUT2D eigenvalue weighted by Gasteiger charge is 2.41. The molecule has 0 N–H and O–H groups in total. The molecule has 0 aromatic heterocycles. The molecule has 1 atom stereocenters. The number of carbonyl (C=O) groups is 2. The molecule has 0 aliphatic carbocycles. The van der Waals surface area contributed by atoms with E-state index in [2.05, 4.69) is 33.9 Å². The first kappa shape index (κ1) is 34.6. The fraction of sp³-hybridized carbons (Fsp3) is 0.548. The van der Waals surface area contributed by atoms with Crippen LogP contribution in [0.3, 0.4) is 0 Å². The van der Waals surface area contributed by atoms with Gasteiger partial charge in [0.2, 0.25) is 0 Å². The molecule has 0 spiro atoms. The first-order chi connectivity index (χ1) is 18.9. The van der Waals surface area contributed by atoms with Gasteiger partial charge in [-0.15, -0.1) is 0 Å². The highest BCUT2D eigenvalue weighted by molar-refractivity contribution is 6.74. The normalized spacial score (nSPS) is 13.0. The lowest BCUT2D eigenvalue weighted by atomic mass is 10.1. The van der Waals surface area contributed by atoms with Crippen molar-refractivity contribution in [3.63, 3.8) is 0 Å². The van der Waals surface area contributed by atoms with E-state index in [1.54, 1.807) is 44.0 Å². The molecule has 0 unspecified atom stereocenters. The maximum atomic E-state index is 15.7. The van der Waals surface area contributed by atoms with Crippen LogP contribution in [0.4, 0.5) is 14.9 Å². The third-order valence-corrected chi connectivity index (χ3v) is 11.7. The van der Waals surface area contributed by atoms with Crippen LogP contribution >= 0.6 is 11.6 Å². The Morgan fingerprint density at radius 3 is 2.22 bits per heavy atom. The second-order valence-corrected chi connectivity index (χ2v) is 17.8. The number of carbonyl (C=O) groups excluding carboxylic acids is 2. The summed E-state index contributed by atoms with van der Waals surface area (Å²) in [6.45, 7) is 18.4. The zero-order valence-corrected chi connectivity index (χ0v) is 27.9. The van der Waals surface area contributed by atoms with Gasteiger partial charge in [0.15, 0.2) is 8.32 Å². The third kappa shape index (κ3) is 10.0. The van der Waals surface area contributed by atoms with Gasteiger partial charge in [0.25, 0.3) is 0 Å². The van der Waals surface area contributed by atoms with Crippen molar-refractivity contribution >= 4 is 37.7 Å². The Bertz CT molecular complexity index is 1200. The standard InChI is InChI=1S/C31H46ClFN2O5Si/c1-11-17-34(26-16-15-22(18-25(26)33)19-28(36)38-8)35(29(37)39-30(2,3)4)21-27(23-13-12-14-24(32)20-23)40-41(9,10)31(5,6)7/h12-16,18,20,27H,11,17,19,21H2,1-10H3/t27-/m0/s1. The summed E-state index contributed by atoms with van der Waals surface area (Å²) in [5.74, 6) is -1.04. The first-order valence-corrected chi connectivity index (χ1v) is 17.2. The van der Waals surface area contributed by atoms with Gasteiger partial charge < -0.3 is 13.9 Å². The van der Waals surface area contributed by atoms with Gasteiger partial charge in [-0.3, -0.25) is 9.80 Å². The number of methoxy groups -OCH3 is 1. The Morgan fingerprint density at radius 1 is 1.05 bits per heavy atom. The number of anilines is 1. The molecule has 0 aliphatic heterocycles. The molecule has 0 saturated carbocycles. The van der Waals surface area contributed by atoms with Crippen LogP contribution in [0.15, 0.2) is 42.5 Å². The monoisotopic (exact) mass is 608 g/mol. The average Bonchev–Trinajstić information content (AvgIpc) is 2.83. The molecular weight excluding hydrogens is 563 g/mol. The van der Waals surface area contributed by atoms with E-state index in [1.165, 1.54) is 18.2 Å². The van der Waals surface area contributed by atoms with Crippen LogP contribution in [-0.4, -0.2) is 51.2 Å². The molecule has 0 radical (unpaired) electrons. The molecular formula is C31H46ClFN2O5Si. The predicted octanol–water partition coefficient (Wildman–Crippen LogP) is 8.33.